The molecule has 1 heterocycles. The van der Waals surface area contributed by atoms with Crippen LogP contribution in [0.5, 0.6) is 11.5 Å². The third-order valence-corrected chi connectivity index (χ3v) is 4.60. The first-order chi connectivity index (χ1) is 11.3. The van der Waals surface area contributed by atoms with Crippen molar-refractivity contribution in [1.29, 1.82) is 0 Å². The summed E-state index contributed by atoms with van der Waals surface area (Å²) < 4.78 is 10.5. The van der Waals surface area contributed by atoms with Crippen molar-refractivity contribution in [2.24, 2.45) is 0 Å². The molecule has 3 nitrogen and oxygen atoms in total. The van der Waals surface area contributed by atoms with Crippen LogP contribution in [0.15, 0.2) is 42.5 Å². The lowest BCUT2D eigenvalue weighted by Gasteiger charge is -2.29. The highest BCUT2D eigenvalue weighted by Crippen LogP contribution is 2.24. The lowest BCUT2D eigenvalue weighted by atomic mass is 9.99. The van der Waals surface area contributed by atoms with Crippen molar-refractivity contribution in [3.05, 3.63) is 59.2 Å². The summed E-state index contributed by atoms with van der Waals surface area (Å²) in [5, 5.41) is 0. The molecule has 0 radical (unpaired) electrons. The van der Waals surface area contributed by atoms with E-state index in [1.165, 1.54) is 23.1 Å². The zero-order chi connectivity index (χ0) is 16.1. The second-order valence-corrected chi connectivity index (χ2v) is 6.11. The SMILES string of the molecule is COc1ccc(CCCN2CCc3ccc(OC)cc3C2)cc1. The molecule has 0 spiro atoms. The molecule has 122 valence electrons. The van der Waals surface area contributed by atoms with Crippen molar-refractivity contribution in [2.75, 3.05) is 27.3 Å². The molecule has 0 N–H and O–H groups in total. The summed E-state index contributed by atoms with van der Waals surface area (Å²) in [6.45, 7) is 3.33. The second-order valence-electron chi connectivity index (χ2n) is 6.11. The molecule has 1 aliphatic heterocycles. The summed E-state index contributed by atoms with van der Waals surface area (Å²) >= 11 is 0. The van der Waals surface area contributed by atoms with Gasteiger partial charge in [0, 0.05) is 13.1 Å². The van der Waals surface area contributed by atoms with Crippen LogP contribution in [0.3, 0.4) is 0 Å². The number of ether oxygens (including phenoxy) is 2. The van der Waals surface area contributed by atoms with Gasteiger partial charge < -0.3 is 9.47 Å². The molecule has 0 bridgehead atoms. The predicted molar refractivity (Wildman–Crippen MR) is 93.3 cm³/mol. The summed E-state index contributed by atoms with van der Waals surface area (Å²) in [6, 6.07) is 14.9. The fraction of sp³-hybridized carbons (Fsp3) is 0.400. The van der Waals surface area contributed by atoms with E-state index in [0.29, 0.717) is 0 Å². The van der Waals surface area contributed by atoms with Crippen LogP contribution in [0.4, 0.5) is 0 Å². The van der Waals surface area contributed by atoms with E-state index in [9.17, 15) is 0 Å². The Morgan fingerprint density at radius 2 is 1.65 bits per heavy atom. The van der Waals surface area contributed by atoms with Gasteiger partial charge in [-0.3, -0.25) is 4.90 Å². The van der Waals surface area contributed by atoms with Gasteiger partial charge in [0.15, 0.2) is 0 Å². The quantitative estimate of drug-likeness (QED) is 0.812. The van der Waals surface area contributed by atoms with Crippen LogP contribution in [0.2, 0.25) is 0 Å². The molecule has 3 heteroatoms. The number of rotatable bonds is 6. The van der Waals surface area contributed by atoms with Crippen LogP contribution >= 0.6 is 0 Å². The molecule has 0 aromatic heterocycles. The Morgan fingerprint density at radius 1 is 0.913 bits per heavy atom. The lowest BCUT2D eigenvalue weighted by Crippen LogP contribution is -2.31. The largest absolute Gasteiger partial charge is 0.497 e. The summed E-state index contributed by atoms with van der Waals surface area (Å²) in [5.74, 6) is 1.89. The molecule has 0 amide bonds. The molecule has 1 aliphatic rings. The average molecular weight is 311 g/mol. The smallest absolute Gasteiger partial charge is 0.119 e. The van der Waals surface area contributed by atoms with E-state index in [1.807, 2.05) is 12.1 Å². The Bertz CT molecular complexity index is 637. The molecule has 0 aliphatic carbocycles. The maximum Gasteiger partial charge on any atom is 0.119 e. The highest BCUT2D eigenvalue weighted by atomic mass is 16.5. The number of methoxy groups -OCH3 is 2. The van der Waals surface area contributed by atoms with E-state index < -0.39 is 0 Å². The van der Waals surface area contributed by atoms with E-state index in [2.05, 4.69) is 35.2 Å². The van der Waals surface area contributed by atoms with Gasteiger partial charge >= 0.3 is 0 Å². The zero-order valence-corrected chi connectivity index (χ0v) is 14.0. The van der Waals surface area contributed by atoms with E-state index in [1.54, 1.807) is 14.2 Å². The topological polar surface area (TPSA) is 21.7 Å². The number of benzene rings is 2. The van der Waals surface area contributed by atoms with Gasteiger partial charge in [0.2, 0.25) is 0 Å². The van der Waals surface area contributed by atoms with Gasteiger partial charge in [-0.15, -0.1) is 0 Å². The molecule has 0 atom stereocenters. The van der Waals surface area contributed by atoms with Crippen molar-refractivity contribution in [2.45, 2.75) is 25.8 Å². The van der Waals surface area contributed by atoms with Crippen molar-refractivity contribution in [3.8, 4) is 11.5 Å². The van der Waals surface area contributed by atoms with Gasteiger partial charge in [0.25, 0.3) is 0 Å². The Labute approximate surface area is 138 Å². The van der Waals surface area contributed by atoms with Gasteiger partial charge in [0.05, 0.1) is 14.2 Å². The third kappa shape index (κ3) is 4.05. The summed E-state index contributed by atoms with van der Waals surface area (Å²) in [4.78, 5) is 2.55. The average Bonchev–Trinajstić information content (AvgIpc) is 2.61. The minimum atomic E-state index is 0.926. The predicted octanol–water partition coefficient (Wildman–Crippen LogP) is 3.69. The van der Waals surface area contributed by atoms with E-state index in [4.69, 9.17) is 9.47 Å². The number of fused-ring (bicyclic) bond motifs is 1. The zero-order valence-electron chi connectivity index (χ0n) is 14.0. The van der Waals surface area contributed by atoms with Crippen LogP contribution in [0.25, 0.3) is 0 Å². The minimum absolute atomic E-state index is 0.926. The van der Waals surface area contributed by atoms with Gasteiger partial charge in [0.1, 0.15) is 11.5 Å². The van der Waals surface area contributed by atoms with Crippen LogP contribution < -0.4 is 9.47 Å². The summed E-state index contributed by atoms with van der Waals surface area (Å²) in [5.41, 5.74) is 4.27. The fourth-order valence-electron chi connectivity index (χ4n) is 3.21. The minimum Gasteiger partial charge on any atom is -0.497 e. The summed E-state index contributed by atoms with van der Waals surface area (Å²) in [6.07, 6.45) is 3.44. The number of hydrogen-bond acceptors (Lipinski definition) is 3. The van der Waals surface area contributed by atoms with E-state index in [0.717, 1.165) is 44.0 Å². The molecule has 2 aromatic rings. The maximum atomic E-state index is 5.34. The van der Waals surface area contributed by atoms with Crippen LogP contribution in [-0.4, -0.2) is 32.2 Å². The van der Waals surface area contributed by atoms with Crippen molar-refractivity contribution in [1.82, 2.24) is 4.90 Å². The van der Waals surface area contributed by atoms with Crippen LogP contribution in [0.1, 0.15) is 23.1 Å². The van der Waals surface area contributed by atoms with Crippen molar-refractivity contribution in [3.63, 3.8) is 0 Å². The number of aryl methyl sites for hydroxylation is 1. The second kappa shape index (κ2) is 7.51. The van der Waals surface area contributed by atoms with Crippen molar-refractivity contribution >= 4 is 0 Å². The maximum absolute atomic E-state index is 5.34. The first-order valence-electron chi connectivity index (χ1n) is 8.29. The Morgan fingerprint density at radius 3 is 2.39 bits per heavy atom. The Balaban J connectivity index is 1.51. The Kier molecular flexibility index (Phi) is 5.19. The van der Waals surface area contributed by atoms with Crippen LogP contribution in [-0.2, 0) is 19.4 Å². The molecule has 0 unspecified atom stereocenters. The molecule has 0 saturated heterocycles. The molecular formula is C20H25NO2. The molecule has 0 saturated carbocycles. The van der Waals surface area contributed by atoms with Gasteiger partial charge in [-0.05, 0) is 66.8 Å². The monoisotopic (exact) mass is 311 g/mol. The summed E-state index contributed by atoms with van der Waals surface area (Å²) in [7, 11) is 3.44. The third-order valence-electron chi connectivity index (χ3n) is 4.60. The van der Waals surface area contributed by atoms with Gasteiger partial charge in [-0.1, -0.05) is 18.2 Å². The fourth-order valence-corrected chi connectivity index (χ4v) is 3.21. The lowest BCUT2D eigenvalue weighted by molar-refractivity contribution is 0.250. The standard InChI is InChI=1S/C20H25NO2/c1-22-19-8-5-16(6-9-19)4-3-12-21-13-11-17-7-10-20(23-2)14-18(17)15-21/h5-10,14H,3-4,11-13,15H2,1-2H3. The van der Waals surface area contributed by atoms with E-state index >= 15 is 0 Å². The van der Waals surface area contributed by atoms with Crippen molar-refractivity contribution < 1.29 is 9.47 Å². The first kappa shape index (κ1) is 15.9. The number of hydrogen-bond donors (Lipinski definition) is 0. The van der Waals surface area contributed by atoms with Crippen LogP contribution in [0, 0.1) is 0 Å². The molecular weight excluding hydrogens is 286 g/mol. The molecule has 23 heavy (non-hydrogen) atoms. The highest BCUT2D eigenvalue weighted by Gasteiger charge is 2.16. The molecule has 2 aromatic carbocycles. The number of nitrogens with zero attached hydrogens (tertiary/aromatic N) is 1. The Hall–Kier alpha value is -2.00. The first-order valence-corrected chi connectivity index (χ1v) is 8.29. The molecule has 3 rings (SSSR count). The molecule has 0 fully saturated rings. The highest BCUT2D eigenvalue weighted by molar-refractivity contribution is 5.37. The van der Waals surface area contributed by atoms with E-state index in [-0.39, 0.29) is 0 Å². The van der Waals surface area contributed by atoms with Gasteiger partial charge in [-0.25, -0.2) is 0 Å². The van der Waals surface area contributed by atoms with Gasteiger partial charge in [-0.2, -0.15) is 0 Å². The normalized spacial score (nSPS) is 14.3.